The Labute approximate surface area is 388 Å². The largest absolute Gasteiger partial charge is 0.381 e. The molecule has 0 aromatic carbocycles. The molecule has 9 nitrogen and oxygen atoms in total. The van der Waals surface area contributed by atoms with Gasteiger partial charge in [-0.05, 0) is 83.5 Å². The highest BCUT2D eigenvalue weighted by Crippen LogP contribution is 2.17. The Bertz CT molecular complexity index is 1080. The quantitative estimate of drug-likeness (QED) is 0.0510. The molecule has 1 aromatic heterocycles. The molecule has 0 fully saturated rings. The van der Waals surface area contributed by atoms with Gasteiger partial charge in [-0.2, -0.15) is 4.98 Å². The van der Waals surface area contributed by atoms with E-state index in [0.717, 1.165) is 89.8 Å². The number of nitrogens with one attached hydrogen (secondary N) is 1. The Balaban J connectivity index is 0. The maximum absolute atomic E-state index is 12.9. The molecule has 0 radical (unpaired) electrons. The minimum Gasteiger partial charge on any atom is -0.381 e. The summed E-state index contributed by atoms with van der Waals surface area (Å²) in [5, 5.41) is 3.09. The molecule has 0 aliphatic carbocycles. The molecule has 0 amide bonds. The zero-order valence-electron chi connectivity index (χ0n) is 42.3. The second-order valence-electron chi connectivity index (χ2n) is 17.8. The van der Waals surface area contributed by atoms with Crippen LogP contribution in [0.1, 0.15) is 252 Å². The highest BCUT2D eigenvalue weighted by Gasteiger charge is 2.08. The molecular weight excluding hydrogens is 792 g/mol. The van der Waals surface area contributed by atoms with E-state index in [9.17, 15) is 18.9 Å². The van der Waals surface area contributed by atoms with Gasteiger partial charge < -0.3 is 29.3 Å². The normalized spacial score (nSPS) is 11.6. The lowest BCUT2D eigenvalue weighted by Crippen LogP contribution is -2.28. The lowest BCUT2D eigenvalue weighted by atomic mass is 10.0. The van der Waals surface area contributed by atoms with Crippen LogP contribution in [0.5, 0.6) is 0 Å². The average molecular weight is 895 g/mol. The van der Waals surface area contributed by atoms with Crippen molar-refractivity contribution in [3.05, 3.63) is 22.7 Å². The number of carbonyl (C=O) groups excluding carboxylic acids is 2. The highest BCUT2D eigenvalue weighted by atomic mass is 19.2. The molecule has 0 aliphatic heterocycles. The number of anilines is 1. The van der Waals surface area contributed by atoms with Crippen LogP contribution < -0.4 is 11.0 Å². The zero-order valence-corrected chi connectivity index (χ0v) is 42.3. The van der Waals surface area contributed by atoms with E-state index in [1.807, 2.05) is 14.2 Å². The second kappa shape index (κ2) is 52.5. The monoisotopic (exact) mass is 895 g/mol. The second-order valence-corrected chi connectivity index (χ2v) is 17.8. The number of rotatable bonds is 45. The third kappa shape index (κ3) is 46.2. The maximum Gasteiger partial charge on any atom is 0.377 e. The summed E-state index contributed by atoms with van der Waals surface area (Å²) >= 11 is 0. The number of hydrogen-bond acceptors (Lipinski definition) is 8. The van der Waals surface area contributed by atoms with Crippen molar-refractivity contribution in [1.29, 1.82) is 0 Å². The third-order valence-electron chi connectivity index (χ3n) is 12.1. The van der Waals surface area contributed by atoms with Gasteiger partial charge >= 0.3 is 5.69 Å². The number of ether oxygens (including phenoxy) is 2. The van der Waals surface area contributed by atoms with Crippen molar-refractivity contribution in [2.45, 2.75) is 265 Å². The highest BCUT2D eigenvalue weighted by molar-refractivity contribution is 5.49. The van der Waals surface area contributed by atoms with Gasteiger partial charge in [0.2, 0.25) is 0 Å². The predicted octanol–water partition coefficient (Wildman–Crippen LogP) is 14.8. The number of methoxy groups -OCH3 is 2. The van der Waals surface area contributed by atoms with Gasteiger partial charge in [0.1, 0.15) is 18.4 Å². The van der Waals surface area contributed by atoms with Crippen molar-refractivity contribution in [2.24, 2.45) is 0 Å². The van der Waals surface area contributed by atoms with Gasteiger partial charge in [-0.3, -0.25) is 0 Å². The average Bonchev–Trinajstić information content (AvgIpc) is 3.29. The van der Waals surface area contributed by atoms with Gasteiger partial charge in [-0.15, -0.1) is 4.79 Å². The summed E-state index contributed by atoms with van der Waals surface area (Å²) in [6, 6.07) is 1.45. The maximum atomic E-state index is 12.9. The van der Waals surface area contributed by atoms with Gasteiger partial charge in [0.05, 0.1) is 12.2 Å². The first-order valence-electron chi connectivity index (χ1n) is 26.5. The van der Waals surface area contributed by atoms with Crippen LogP contribution in [0.15, 0.2) is 17.1 Å². The summed E-state index contributed by atoms with van der Waals surface area (Å²) < 4.78 is 23.9. The number of aldehydes is 2. The number of aromatic nitrogens is 2. The van der Waals surface area contributed by atoms with E-state index in [4.69, 9.17) is 9.47 Å². The van der Waals surface area contributed by atoms with Gasteiger partial charge in [0.15, 0.2) is 0 Å². The van der Waals surface area contributed by atoms with Gasteiger partial charge in [-0.25, -0.2) is 4.79 Å². The molecule has 1 N–H and O–H groups in total. The predicted molar refractivity (Wildman–Crippen MR) is 268 cm³/mol. The molecule has 0 bridgehead atoms. The topological polar surface area (TPSA) is 103 Å². The van der Waals surface area contributed by atoms with E-state index >= 15 is 0 Å². The van der Waals surface area contributed by atoms with E-state index in [2.05, 4.69) is 42.9 Å². The van der Waals surface area contributed by atoms with E-state index in [-0.39, 0.29) is 4.79 Å². The van der Waals surface area contributed by atoms with Crippen LogP contribution in [0.25, 0.3) is 0 Å². The summed E-state index contributed by atoms with van der Waals surface area (Å²) in [5.74, 6) is 0.399. The van der Waals surface area contributed by atoms with E-state index < -0.39 is 5.69 Å². The molecule has 1 heterocycles. The molecule has 0 aliphatic rings. The first-order valence-corrected chi connectivity index (χ1v) is 26.5. The molecule has 63 heavy (non-hydrogen) atoms. The Morgan fingerprint density at radius 3 is 1.35 bits per heavy atom. The van der Waals surface area contributed by atoms with Crippen LogP contribution in [-0.4, -0.2) is 79.9 Å². The fourth-order valence-electron chi connectivity index (χ4n) is 7.85. The van der Waals surface area contributed by atoms with Crippen molar-refractivity contribution in [3.63, 3.8) is 0 Å². The van der Waals surface area contributed by atoms with Crippen LogP contribution in [-0.2, 0) is 19.1 Å². The minimum absolute atomic E-state index is 0.0369. The van der Waals surface area contributed by atoms with Crippen LogP contribution >= 0.6 is 0 Å². The molecular formula is C53H103FN4O5. The summed E-state index contributed by atoms with van der Waals surface area (Å²) in [6.07, 6.45) is 47.5. The molecule has 0 spiro atoms. The summed E-state index contributed by atoms with van der Waals surface area (Å²) in [7, 11) is 3.71. The van der Waals surface area contributed by atoms with Crippen molar-refractivity contribution in [3.8, 4) is 0 Å². The van der Waals surface area contributed by atoms with Crippen LogP contribution in [0.2, 0.25) is 0 Å². The fraction of sp³-hybridized carbons (Fsp3) is 0.887. The summed E-state index contributed by atoms with van der Waals surface area (Å²) in [5.41, 5.74) is -0.909. The molecule has 1 atom stereocenters. The number of halogens is 1. The Kier molecular flexibility index (Phi) is 52.4. The van der Waals surface area contributed by atoms with E-state index in [0.29, 0.717) is 37.4 Å². The number of nitrogens with zero attached hydrogens (tertiary/aromatic N) is 3. The third-order valence-corrected chi connectivity index (χ3v) is 12.1. The Morgan fingerprint density at radius 1 is 0.571 bits per heavy atom. The zero-order chi connectivity index (χ0) is 46.7. The van der Waals surface area contributed by atoms with Gasteiger partial charge in [0.25, 0.3) is 0 Å². The molecule has 372 valence electrons. The minimum atomic E-state index is -0.909. The van der Waals surface area contributed by atoms with Crippen molar-refractivity contribution in [2.75, 3.05) is 45.7 Å². The van der Waals surface area contributed by atoms with Gasteiger partial charge in [-0.1, -0.05) is 186 Å². The molecule has 10 heteroatoms. The van der Waals surface area contributed by atoms with Crippen molar-refractivity contribution >= 4 is 18.4 Å². The van der Waals surface area contributed by atoms with E-state index in [1.165, 1.54) is 167 Å². The SMILES string of the molecule is CCCCCCCCC(CC)OC.CCCCCCCCC(CCCCCCCC)OC.O=CCCCCCCCN(CCCCCCCC=O)CCCNc1ccn(F)c(=O)n1. The first kappa shape index (κ1) is 62.9. The molecule has 1 aromatic rings. The Hall–Kier alpha value is -2.17. The number of hydrogen-bond donors (Lipinski definition) is 1. The summed E-state index contributed by atoms with van der Waals surface area (Å²) in [4.78, 5) is 38.1. The van der Waals surface area contributed by atoms with Gasteiger partial charge in [0, 0.05) is 39.8 Å². The van der Waals surface area contributed by atoms with Crippen LogP contribution in [0, 0.1) is 0 Å². The number of unbranched alkanes of at least 4 members (excludes halogenated alkanes) is 25. The molecule has 0 saturated heterocycles. The lowest BCUT2D eigenvalue weighted by Gasteiger charge is -2.22. The fourth-order valence-corrected chi connectivity index (χ4v) is 7.85. The van der Waals surface area contributed by atoms with Crippen molar-refractivity contribution in [1.82, 2.24) is 14.7 Å². The smallest absolute Gasteiger partial charge is 0.377 e. The lowest BCUT2D eigenvalue weighted by molar-refractivity contribution is -0.108. The molecule has 1 rings (SSSR count). The van der Waals surface area contributed by atoms with Crippen molar-refractivity contribution < 1.29 is 23.5 Å². The summed E-state index contributed by atoms with van der Waals surface area (Å²) in [6.45, 7) is 12.8. The molecule has 1 unspecified atom stereocenters. The van der Waals surface area contributed by atoms with E-state index in [1.54, 1.807) is 0 Å². The Morgan fingerprint density at radius 2 is 0.952 bits per heavy atom. The molecule has 0 saturated carbocycles. The van der Waals surface area contributed by atoms with Crippen LogP contribution in [0.4, 0.5) is 10.3 Å². The first-order chi connectivity index (χ1) is 30.9. The van der Waals surface area contributed by atoms with Crippen LogP contribution in [0.3, 0.4) is 0 Å². The number of carbonyl (C=O) groups is 2. The standard InChI is InChI=1S/C23H39FN4O3.C18H38O.C12H26O/c24-28-19-14-22(26-23(28)31)25-15-13-18-27(16-9-5-1-3-7-11-20-29)17-10-6-2-4-8-12-21-30;1-4-6-8-10-12-14-16-18(19-3)17-15-13-11-9-7-5-2;1-4-6-7-8-9-10-11-12(5-2)13-3/h14,19-21H,1-13,15-18H2,(H,25,26,31);18H,4-17H2,1-3H3;12H,4-11H2,1-3H3.